The first-order valence-electron chi connectivity index (χ1n) is 8.35. The van der Waals surface area contributed by atoms with Crippen LogP contribution in [-0.4, -0.2) is 20.9 Å². The number of hydrogen-bond acceptors (Lipinski definition) is 5. The van der Waals surface area contributed by atoms with E-state index in [4.69, 9.17) is 0 Å². The quantitative estimate of drug-likeness (QED) is 0.590. The van der Waals surface area contributed by atoms with Gasteiger partial charge >= 0.3 is 0 Å². The monoisotopic (exact) mass is 442 g/mol. The van der Waals surface area contributed by atoms with Crippen LogP contribution in [0.4, 0.5) is 5.69 Å². The molecule has 0 saturated heterocycles. The SMILES string of the molecule is CC(C)(C)c1ncc(NC(=O)c2cccnc2Sc2ccc(Br)cc2)cn1. The zero-order valence-corrected chi connectivity index (χ0v) is 17.6. The van der Waals surface area contributed by atoms with Gasteiger partial charge in [0.15, 0.2) is 0 Å². The molecule has 0 spiro atoms. The maximum atomic E-state index is 12.7. The minimum Gasteiger partial charge on any atom is -0.319 e. The molecule has 0 aliphatic rings. The van der Waals surface area contributed by atoms with Crippen LogP contribution >= 0.6 is 27.7 Å². The lowest BCUT2D eigenvalue weighted by atomic mass is 9.96. The number of carbonyl (C=O) groups excluding carboxylic acids is 1. The van der Waals surface area contributed by atoms with E-state index in [0.29, 0.717) is 16.3 Å². The van der Waals surface area contributed by atoms with Gasteiger partial charge in [-0.2, -0.15) is 0 Å². The number of anilines is 1. The molecule has 1 amide bonds. The molecule has 3 aromatic rings. The molecule has 2 aromatic heterocycles. The Morgan fingerprint density at radius 3 is 2.33 bits per heavy atom. The van der Waals surface area contributed by atoms with Crippen molar-refractivity contribution < 1.29 is 4.79 Å². The minimum atomic E-state index is -0.241. The summed E-state index contributed by atoms with van der Waals surface area (Å²) in [5.41, 5.74) is 0.919. The normalized spacial score (nSPS) is 11.3. The predicted molar refractivity (Wildman–Crippen MR) is 111 cm³/mol. The van der Waals surface area contributed by atoms with E-state index < -0.39 is 0 Å². The van der Waals surface area contributed by atoms with Gasteiger partial charge in [-0.15, -0.1) is 0 Å². The van der Waals surface area contributed by atoms with E-state index in [0.717, 1.165) is 15.2 Å². The van der Waals surface area contributed by atoms with Crippen LogP contribution in [0.3, 0.4) is 0 Å². The second-order valence-corrected chi connectivity index (χ2v) is 8.89. The van der Waals surface area contributed by atoms with Gasteiger partial charge in [0.25, 0.3) is 5.91 Å². The van der Waals surface area contributed by atoms with E-state index in [1.165, 1.54) is 11.8 Å². The first kappa shape index (κ1) is 19.5. The smallest absolute Gasteiger partial charge is 0.258 e. The molecule has 0 aliphatic carbocycles. The van der Waals surface area contributed by atoms with Gasteiger partial charge in [-0.25, -0.2) is 15.0 Å². The number of nitrogens with one attached hydrogen (secondary N) is 1. The van der Waals surface area contributed by atoms with Crippen molar-refractivity contribution in [3.05, 3.63) is 70.8 Å². The Bertz CT molecular complexity index is 937. The molecular weight excluding hydrogens is 424 g/mol. The third kappa shape index (κ3) is 5.14. The zero-order valence-electron chi connectivity index (χ0n) is 15.2. The van der Waals surface area contributed by atoms with Crippen LogP contribution in [0.2, 0.25) is 0 Å². The van der Waals surface area contributed by atoms with Gasteiger partial charge in [-0.05, 0) is 36.4 Å². The van der Waals surface area contributed by atoms with Crippen molar-refractivity contribution in [1.82, 2.24) is 15.0 Å². The highest BCUT2D eigenvalue weighted by Gasteiger charge is 2.18. The Hall–Kier alpha value is -2.25. The van der Waals surface area contributed by atoms with Gasteiger partial charge in [0.1, 0.15) is 10.9 Å². The summed E-state index contributed by atoms with van der Waals surface area (Å²) in [4.78, 5) is 26.8. The number of rotatable bonds is 4. The molecule has 1 aromatic carbocycles. The van der Waals surface area contributed by atoms with E-state index in [1.54, 1.807) is 30.7 Å². The van der Waals surface area contributed by atoms with Crippen molar-refractivity contribution in [2.75, 3.05) is 5.32 Å². The zero-order chi connectivity index (χ0) is 19.4. The first-order chi connectivity index (χ1) is 12.8. The number of hydrogen-bond donors (Lipinski definition) is 1. The van der Waals surface area contributed by atoms with Crippen molar-refractivity contribution in [2.24, 2.45) is 0 Å². The molecule has 0 unspecified atom stereocenters. The maximum Gasteiger partial charge on any atom is 0.258 e. The summed E-state index contributed by atoms with van der Waals surface area (Å²) in [6.07, 6.45) is 4.94. The fourth-order valence-corrected chi connectivity index (χ4v) is 3.38. The fourth-order valence-electron chi connectivity index (χ4n) is 2.24. The largest absolute Gasteiger partial charge is 0.319 e. The lowest BCUT2D eigenvalue weighted by Crippen LogP contribution is -2.17. The van der Waals surface area contributed by atoms with Crippen molar-refractivity contribution >= 4 is 39.3 Å². The van der Waals surface area contributed by atoms with Gasteiger partial charge in [0.2, 0.25) is 0 Å². The van der Waals surface area contributed by atoms with Crippen molar-refractivity contribution in [3.8, 4) is 0 Å². The highest BCUT2D eigenvalue weighted by atomic mass is 79.9. The van der Waals surface area contributed by atoms with Crippen LogP contribution in [0, 0.1) is 0 Å². The van der Waals surface area contributed by atoms with E-state index >= 15 is 0 Å². The second kappa shape index (κ2) is 8.19. The average Bonchev–Trinajstić information content (AvgIpc) is 2.64. The van der Waals surface area contributed by atoms with E-state index in [-0.39, 0.29) is 11.3 Å². The summed E-state index contributed by atoms with van der Waals surface area (Å²) in [7, 11) is 0. The molecule has 0 aliphatic heterocycles. The van der Waals surface area contributed by atoms with E-state index in [2.05, 4.69) is 36.2 Å². The fraction of sp³-hybridized carbons (Fsp3) is 0.200. The topological polar surface area (TPSA) is 67.8 Å². The number of amides is 1. The molecule has 0 saturated carbocycles. The van der Waals surface area contributed by atoms with Gasteiger partial charge in [0.05, 0.1) is 23.6 Å². The number of nitrogens with zero attached hydrogens (tertiary/aromatic N) is 3. The number of benzene rings is 1. The molecule has 0 fully saturated rings. The molecular formula is C20H19BrN4OS. The lowest BCUT2D eigenvalue weighted by Gasteiger charge is -2.16. The Kier molecular flexibility index (Phi) is 5.92. The van der Waals surface area contributed by atoms with Gasteiger partial charge in [0, 0.05) is 21.0 Å². The van der Waals surface area contributed by atoms with Crippen LogP contribution in [0.25, 0.3) is 0 Å². The molecule has 1 N–H and O–H groups in total. The second-order valence-electron chi connectivity index (χ2n) is 6.91. The van der Waals surface area contributed by atoms with Crippen molar-refractivity contribution in [3.63, 3.8) is 0 Å². The van der Waals surface area contributed by atoms with Crippen molar-refractivity contribution in [1.29, 1.82) is 0 Å². The van der Waals surface area contributed by atoms with E-state index in [9.17, 15) is 4.79 Å². The van der Waals surface area contributed by atoms with Crippen molar-refractivity contribution in [2.45, 2.75) is 36.1 Å². The molecule has 3 rings (SSSR count). The maximum absolute atomic E-state index is 12.7. The molecule has 7 heteroatoms. The summed E-state index contributed by atoms with van der Waals surface area (Å²) < 4.78 is 1.00. The average molecular weight is 443 g/mol. The number of aromatic nitrogens is 3. The molecule has 0 bridgehead atoms. The number of pyridine rings is 1. The standard InChI is InChI=1S/C20H19BrN4OS/c1-20(2,3)19-23-11-14(12-24-19)25-17(26)16-5-4-10-22-18(16)27-15-8-6-13(21)7-9-15/h4-12H,1-3H3,(H,25,26). The summed E-state index contributed by atoms with van der Waals surface area (Å²) in [6.45, 7) is 6.13. The summed E-state index contributed by atoms with van der Waals surface area (Å²) in [5.74, 6) is 0.489. The Morgan fingerprint density at radius 1 is 1.04 bits per heavy atom. The van der Waals surface area contributed by atoms with Gasteiger partial charge in [-0.3, -0.25) is 4.79 Å². The Morgan fingerprint density at radius 2 is 1.70 bits per heavy atom. The molecule has 0 radical (unpaired) electrons. The third-order valence-corrected chi connectivity index (χ3v) is 5.18. The number of halogens is 1. The number of carbonyl (C=O) groups is 1. The van der Waals surface area contributed by atoms with Crippen LogP contribution in [0.15, 0.2) is 69.4 Å². The molecule has 2 heterocycles. The molecule has 138 valence electrons. The van der Waals surface area contributed by atoms with Gasteiger partial charge in [-0.1, -0.05) is 48.5 Å². The molecule has 5 nitrogen and oxygen atoms in total. The lowest BCUT2D eigenvalue weighted by molar-refractivity contribution is 0.102. The highest BCUT2D eigenvalue weighted by Crippen LogP contribution is 2.30. The Balaban J connectivity index is 1.78. The summed E-state index contributed by atoms with van der Waals surface area (Å²) >= 11 is 4.87. The molecule has 0 atom stereocenters. The minimum absolute atomic E-state index is 0.139. The summed E-state index contributed by atoms with van der Waals surface area (Å²) in [6, 6.07) is 11.4. The van der Waals surface area contributed by atoms with Crippen LogP contribution in [-0.2, 0) is 5.41 Å². The van der Waals surface area contributed by atoms with Crippen LogP contribution in [0.5, 0.6) is 0 Å². The highest BCUT2D eigenvalue weighted by molar-refractivity contribution is 9.10. The molecule has 27 heavy (non-hydrogen) atoms. The predicted octanol–water partition coefficient (Wildman–Crippen LogP) is 5.34. The first-order valence-corrected chi connectivity index (χ1v) is 9.96. The van der Waals surface area contributed by atoms with E-state index in [1.807, 2.05) is 45.0 Å². The van der Waals surface area contributed by atoms with Crippen LogP contribution in [0.1, 0.15) is 37.0 Å². The van der Waals surface area contributed by atoms with Gasteiger partial charge < -0.3 is 5.32 Å². The Labute approximate surface area is 171 Å². The summed E-state index contributed by atoms with van der Waals surface area (Å²) in [5, 5.41) is 3.49. The third-order valence-electron chi connectivity index (χ3n) is 3.62. The van der Waals surface area contributed by atoms with Crippen LogP contribution < -0.4 is 5.32 Å².